The number of nitrogens with one attached hydrogen (secondary N) is 1. The highest BCUT2D eigenvalue weighted by atomic mass is 35.5. The zero-order chi connectivity index (χ0) is 18.4. The summed E-state index contributed by atoms with van der Waals surface area (Å²) in [4.78, 5) is 24.1. The lowest BCUT2D eigenvalue weighted by atomic mass is 10.1. The van der Waals surface area contributed by atoms with Gasteiger partial charge in [-0.1, -0.05) is 37.0 Å². The van der Waals surface area contributed by atoms with Gasteiger partial charge in [0.2, 0.25) is 0 Å². The number of hydrogen-bond acceptors (Lipinski definition) is 3. The third-order valence-corrected chi connectivity index (χ3v) is 4.23. The molecule has 0 unspecified atom stereocenters. The summed E-state index contributed by atoms with van der Waals surface area (Å²) < 4.78 is 5.20. The summed E-state index contributed by atoms with van der Waals surface area (Å²) in [7, 11) is 0. The fraction of sp³-hybridized carbons (Fsp3) is 0.263. The lowest BCUT2D eigenvalue weighted by molar-refractivity contribution is 0.0488. The molecule has 0 aromatic heterocycles. The van der Waals surface area contributed by atoms with Crippen molar-refractivity contribution in [2.24, 2.45) is 5.92 Å². The van der Waals surface area contributed by atoms with Crippen LogP contribution in [0.5, 0.6) is 0 Å². The van der Waals surface area contributed by atoms with Crippen molar-refractivity contribution < 1.29 is 14.3 Å². The molecule has 1 N–H and O–H groups in total. The molecule has 6 heteroatoms. The minimum absolute atomic E-state index is 0.314. The van der Waals surface area contributed by atoms with Gasteiger partial charge in [0, 0.05) is 11.3 Å². The largest absolute Gasteiger partial charge is 0.462 e. The minimum atomic E-state index is -0.372. The van der Waals surface area contributed by atoms with E-state index in [2.05, 4.69) is 19.2 Å². The van der Waals surface area contributed by atoms with E-state index in [1.165, 1.54) is 6.07 Å². The number of hydrogen-bond donors (Lipinski definition) is 1. The van der Waals surface area contributed by atoms with E-state index in [-0.39, 0.29) is 11.9 Å². The number of halogens is 2. The Labute approximate surface area is 157 Å². The first-order valence-corrected chi connectivity index (χ1v) is 8.66. The molecular weight excluding hydrogens is 361 g/mol. The molecule has 2 aromatic rings. The molecule has 1 amide bonds. The molecule has 0 spiro atoms. The average Bonchev–Trinajstić information content (AvgIpc) is 2.57. The second kappa shape index (κ2) is 8.88. The number of ether oxygens (including phenoxy) is 1. The first kappa shape index (κ1) is 19.3. The number of esters is 1. The van der Waals surface area contributed by atoms with Crippen LogP contribution in [-0.4, -0.2) is 18.5 Å². The van der Waals surface area contributed by atoms with Crippen LogP contribution in [0, 0.1) is 5.92 Å². The van der Waals surface area contributed by atoms with Gasteiger partial charge in [-0.15, -0.1) is 0 Å². The van der Waals surface area contributed by atoms with Crippen molar-refractivity contribution in [2.75, 3.05) is 11.9 Å². The Kier molecular flexibility index (Phi) is 6.85. The van der Waals surface area contributed by atoms with Gasteiger partial charge < -0.3 is 10.1 Å². The van der Waals surface area contributed by atoms with Gasteiger partial charge in [0.1, 0.15) is 0 Å². The highest BCUT2D eigenvalue weighted by molar-refractivity contribution is 6.42. The van der Waals surface area contributed by atoms with Gasteiger partial charge in [-0.2, -0.15) is 0 Å². The van der Waals surface area contributed by atoms with Crippen LogP contribution in [0.2, 0.25) is 10.0 Å². The maximum absolute atomic E-state index is 12.2. The van der Waals surface area contributed by atoms with Crippen molar-refractivity contribution in [3.05, 3.63) is 63.6 Å². The Balaban J connectivity index is 1.96. The van der Waals surface area contributed by atoms with Gasteiger partial charge in [0.05, 0.1) is 22.2 Å². The predicted octanol–water partition coefficient (Wildman–Crippen LogP) is 5.45. The Morgan fingerprint density at radius 1 is 1.00 bits per heavy atom. The Hall–Kier alpha value is -2.04. The topological polar surface area (TPSA) is 55.4 Å². The lowest BCUT2D eigenvalue weighted by Crippen LogP contribution is -2.12. The Bertz CT molecular complexity index is 758. The van der Waals surface area contributed by atoms with Crippen molar-refractivity contribution in [2.45, 2.75) is 20.3 Å². The molecule has 0 fully saturated rings. The van der Waals surface area contributed by atoms with Crippen LogP contribution in [0.3, 0.4) is 0 Å². The van der Waals surface area contributed by atoms with Crippen molar-refractivity contribution in [3.63, 3.8) is 0 Å². The van der Waals surface area contributed by atoms with Crippen LogP contribution in [-0.2, 0) is 4.74 Å². The van der Waals surface area contributed by atoms with Gasteiger partial charge in [-0.3, -0.25) is 4.79 Å². The molecule has 0 radical (unpaired) electrons. The summed E-state index contributed by atoms with van der Waals surface area (Å²) in [6.07, 6.45) is 0.823. The van der Waals surface area contributed by atoms with E-state index in [4.69, 9.17) is 27.9 Å². The number of amides is 1. The summed E-state index contributed by atoms with van der Waals surface area (Å²) in [5.74, 6) is -0.208. The minimum Gasteiger partial charge on any atom is -0.462 e. The standard InChI is InChI=1S/C19H19Cl2NO3/c1-12(2)9-10-25-19(24)13-3-6-15(7-4-13)22-18(23)14-5-8-16(20)17(21)11-14/h3-8,11-12H,9-10H2,1-2H3,(H,22,23). The first-order chi connectivity index (χ1) is 11.9. The van der Waals surface area contributed by atoms with Gasteiger partial charge in [-0.05, 0) is 54.8 Å². The van der Waals surface area contributed by atoms with Crippen molar-refractivity contribution in [1.82, 2.24) is 0 Å². The molecule has 0 saturated carbocycles. The van der Waals surface area contributed by atoms with Crippen LogP contribution >= 0.6 is 23.2 Å². The van der Waals surface area contributed by atoms with Gasteiger partial charge in [0.25, 0.3) is 5.91 Å². The van der Waals surface area contributed by atoms with Gasteiger partial charge in [-0.25, -0.2) is 4.79 Å². The predicted molar refractivity (Wildman–Crippen MR) is 101 cm³/mol. The van der Waals surface area contributed by atoms with E-state index in [1.807, 2.05) is 0 Å². The zero-order valence-corrected chi connectivity index (χ0v) is 15.5. The molecule has 0 aliphatic rings. The first-order valence-electron chi connectivity index (χ1n) is 7.90. The summed E-state index contributed by atoms with van der Waals surface area (Å²) >= 11 is 11.8. The molecule has 4 nitrogen and oxygen atoms in total. The maximum Gasteiger partial charge on any atom is 0.338 e. The molecule has 2 aromatic carbocycles. The molecule has 0 bridgehead atoms. The average molecular weight is 380 g/mol. The molecule has 0 saturated heterocycles. The fourth-order valence-corrected chi connectivity index (χ4v) is 2.30. The van der Waals surface area contributed by atoms with Gasteiger partial charge in [0.15, 0.2) is 0 Å². The van der Waals surface area contributed by atoms with E-state index < -0.39 is 0 Å². The van der Waals surface area contributed by atoms with Crippen molar-refractivity contribution >= 4 is 40.8 Å². The normalized spacial score (nSPS) is 10.6. The molecule has 132 valence electrons. The van der Waals surface area contributed by atoms with Crippen LogP contribution in [0.25, 0.3) is 0 Å². The number of carbonyl (C=O) groups is 2. The van der Waals surface area contributed by atoms with E-state index >= 15 is 0 Å². The summed E-state index contributed by atoms with van der Waals surface area (Å²) in [6, 6.07) is 11.2. The summed E-state index contributed by atoms with van der Waals surface area (Å²) in [5, 5.41) is 3.44. The van der Waals surface area contributed by atoms with E-state index in [0.29, 0.717) is 39.4 Å². The highest BCUT2D eigenvalue weighted by Crippen LogP contribution is 2.23. The number of carbonyl (C=O) groups excluding carboxylic acids is 2. The second-order valence-electron chi connectivity index (χ2n) is 5.98. The number of rotatable bonds is 6. The third kappa shape index (κ3) is 5.76. The van der Waals surface area contributed by atoms with Crippen LogP contribution in [0.1, 0.15) is 41.0 Å². The summed E-state index contributed by atoms with van der Waals surface area (Å²) in [5.41, 5.74) is 1.40. The Morgan fingerprint density at radius 2 is 1.64 bits per heavy atom. The van der Waals surface area contributed by atoms with E-state index in [1.54, 1.807) is 36.4 Å². The van der Waals surface area contributed by atoms with Gasteiger partial charge >= 0.3 is 5.97 Å². The molecule has 25 heavy (non-hydrogen) atoms. The highest BCUT2D eigenvalue weighted by Gasteiger charge is 2.10. The zero-order valence-electron chi connectivity index (χ0n) is 14.0. The van der Waals surface area contributed by atoms with Crippen LogP contribution in [0.15, 0.2) is 42.5 Å². The lowest BCUT2D eigenvalue weighted by Gasteiger charge is -2.08. The van der Waals surface area contributed by atoms with Crippen molar-refractivity contribution in [3.8, 4) is 0 Å². The van der Waals surface area contributed by atoms with Crippen LogP contribution < -0.4 is 5.32 Å². The number of benzene rings is 2. The molecular formula is C19H19Cl2NO3. The molecule has 0 aliphatic carbocycles. The molecule has 0 atom stereocenters. The quantitative estimate of drug-likeness (QED) is 0.678. The molecule has 2 rings (SSSR count). The third-order valence-electron chi connectivity index (χ3n) is 3.49. The van der Waals surface area contributed by atoms with E-state index in [9.17, 15) is 9.59 Å². The van der Waals surface area contributed by atoms with Crippen LogP contribution in [0.4, 0.5) is 5.69 Å². The number of anilines is 1. The monoisotopic (exact) mass is 379 g/mol. The fourth-order valence-electron chi connectivity index (χ4n) is 2.00. The maximum atomic E-state index is 12.2. The SMILES string of the molecule is CC(C)CCOC(=O)c1ccc(NC(=O)c2ccc(Cl)c(Cl)c2)cc1. The van der Waals surface area contributed by atoms with E-state index in [0.717, 1.165) is 6.42 Å². The second-order valence-corrected chi connectivity index (χ2v) is 6.79. The molecule has 0 heterocycles. The Morgan fingerprint density at radius 3 is 2.24 bits per heavy atom. The molecule has 0 aliphatic heterocycles. The van der Waals surface area contributed by atoms with Crippen molar-refractivity contribution in [1.29, 1.82) is 0 Å². The summed E-state index contributed by atoms with van der Waals surface area (Å²) in [6.45, 7) is 4.53. The smallest absolute Gasteiger partial charge is 0.338 e.